The number of ether oxygens (including phenoxy) is 1. The van der Waals surface area contributed by atoms with E-state index in [9.17, 15) is 15.0 Å². The topological polar surface area (TPSA) is 85.8 Å². The number of carbonyl (C=O) groups excluding carboxylic acids is 1. The van der Waals surface area contributed by atoms with Crippen LogP contribution in [-0.2, 0) is 16.0 Å². The van der Waals surface area contributed by atoms with Crippen LogP contribution in [0.15, 0.2) is 12.1 Å². The number of carbonyl (C=O) groups is 1. The number of nitrogens with one attached hydrogen (secondary N) is 1. The van der Waals surface area contributed by atoms with Gasteiger partial charge in [-0.2, -0.15) is 0 Å². The van der Waals surface area contributed by atoms with Crippen molar-refractivity contribution in [2.24, 2.45) is 0 Å². The molecule has 2 aliphatic heterocycles. The van der Waals surface area contributed by atoms with Crippen molar-refractivity contribution in [3.05, 3.63) is 34.5 Å². The Kier molecular flexibility index (Phi) is 5.00. The fourth-order valence-corrected chi connectivity index (χ4v) is 5.09. The number of aromatic nitrogens is 1. The summed E-state index contributed by atoms with van der Waals surface area (Å²) < 4.78 is 5.94. The van der Waals surface area contributed by atoms with E-state index in [-0.39, 0.29) is 5.91 Å². The molecule has 0 radical (unpaired) electrons. The molecule has 0 bridgehead atoms. The molecule has 6 heteroatoms. The zero-order chi connectivity index (χ0) is 21.0. The normalized spacial score (nSPS) is 27.0. The fraction of sp³-hybridized carbons (Fsp3) is 0.609. The minimum Gasteiger partial charge on any atom is -0.387 e. The molecule has 6 nitrogen and oxygen atoms in total. The van der Waals surface area contributed by atoms with Crippen LogP contribution in [0.2, 0.25) is 0 Å². The van der Waals surface area contributed by atoms with Gasteiger partial charge in [-0.05, 0) is 57.2 Å². The molecule has 1 aromatic carbocycles. The summed E-state index contributed by atoms with van der Waals surface area (Å²) in [4.78, 5) is 18.4. The monoisotopic (exact) mass is 400 g/mol. The van der Waals surface area contributed by atoms with Gasteiger partial charge in [0, 0.05) is 36.1 Å². The summed E-state index contributed by atoms with van der Waals surface area (Å²) in [6.45, 7) is 9.37. The van der Waals surface area contributed by atoms with Crippen molar-refractivity contribution in [3.63, 3.8) is 0 Å². The van der Waals surface area contributed by atoms with Gasteiger partial charge in [-0.3, -0.25) is 4.79 Å². The first-order chi connectivity index (χ1) is 13.6. The first kappa shape index (κ1) is 20.4. The maximum atomic E-state index is 13.1. The van der Waals surface area contributed by atoms with Crippen LogP contribution in [0.3, 0.4) is 0 Å². The molecule has 3 N–H and O–H groups in total. The minimum absolute atomic E-state index is 0.0989. The summed E-state index contributed by atoms with van der Waals surface area (Å²) in [7, 11) is 0. The smallest absolute Gasteiger partial charge is 0.227 e. The molecule has 2 aliphatic rings. The second-order valence-corrected chi connectivity index (χ2v) is 9.16. The zero-order valence-corrected chi connectivity index (χ0v) is 17.8. The fourth-order valence-electron chi connectivity index (χ4n) is 5.09. The Bertz CT molecular complexity index is 938. The van der Waals surface area contributed by atoms with Gasteiger partial charge in [-0.25, -0.2) is 0 Å². The SMILES string of the molecule is Cc1[nH]c2c(C)ccc(C)c2c1CC(=O)N1CCC2(CC1)OCC[C@@](C)(O)[C@@H]2O. The van der Waals surface area contributed by atoms with Crippen molar-refractivity contribution in [1.29, 1.82) is 0 Å². The van der Waals surface area contributed by atoms with E-state index in [1.165, 1.54) is 11.1 Å². The highest BCUT2D eigenvalue weighted by molar-refractivity contribution is 5.93. The highest BCUT2D eigenvalue weighted by atomic mass is 16.5. The largest absolute Gasteiger partial charge is 0.387 e. The molecule has 4 rings (SSSR count). The number of amides is 1. The van der Waals surface area contributed by atoms with Crippen molar-refractivity contribution in [2.75, 3.05) is 19.7 Å². The van der Waals surface area contributed by atoms with Crippen molar-refractivity contribution < 1.29 is 19.7 Å². The number of fused-ring (bicyclic) bond motifs is 1. The van der Waals surface area contributed by atoms with Gasteiger partial charge in [-0.1, -0.05) is 12.1 Å². The standard InChI is InChI=1S/C23H32N2O4/c1-14-5-6-15(2)20-19(14)17(16(3)24-20)13-18(26)25-10-7-23(8-11-25)21(27)22(4,28)9-12-29-23/h5-6,21,24,27-28H,7-13H2,1-4H3/t21-,22+/m0/s1. The first-order valence-corrected chi connectivity index (χ1v) is 10.5. The number of aryl methyl sites for hydroxylation is 3. The van der Waals surface area contributed by atoms with Crippen LogP contribution in [0.5, 0.6) is 0 Å². The molecular formula is C23H32N2O4. The Labute approximate surface area is 171 Å². The van der Waals surface area contributed by atoms with Crippen LogP contribution < -0.4 is 0 Å². The van der Waals surface area contributed by atoms with Crippen molar-refractivity contribution in [3.8, 4) is 0 Å². The number of benzene rings is 1. The van der Waals surface area contributed by atoms with E-state index in [4.69, 9.17) is 4.74 Å². The molecule has 1 spiro atoms. The van der Waals surface area contributed by atoms with E-state index in [1.807, 2.05) is 11.8 Å². The van der Waals surface area contributed by atoms with E-state index in [2.05, 4.69) is 31.0 Å². The van der Waals surface area contributed by atoms with E-state index < -0.39 is 17.3 Å². The number of hydrogen-bond donors (Lipinski definition) is 3. The van der Waals surface area contributed by atoms with E-state index in [1.54, 1.807) is 6.92 Å². The van der Waals surface area contributed by atoms with Gasteiger partial charge in [0.2, 0.25) is 5.91 Å². The molecule has 158 valence electrons. The number of likely N-dealkylation sites (tertiary alicyclic amines) is 1. The minimum atomic E-state index is -1.14. The number of aromatic amines is 1. The Morgan fingerprint density at radius 3 is 2.55 bits per heavy atom. The number of H-pyrrole nitrogens is 1. The lowest BCUT2D eigenvalue weighted by Crippen LogP contribution is -2.64. The van der Waals surface area contributed by atoms with Gasteiger partial charge < -0.3 is 24.8 Å². The lowest BCUT2D eigenvalue weighted by Gasteiger charge is -2.51. The second kappa shape index (κ2) is 7.11. The van der Waals surface area contributed by atoms with Gasteiger partial charge in [0.05, 0.1) is 18.6 Å². The molecule has 2 saturated heterocycles. The maximum Gasteiger partial charge on any atom is 0.227 e. The Hall–Kier alpha value is -1.89. The summed E-state index contributed by atoms with van der Waals surface area (Å²) in [6, 6.07) is 4.21. The van der Waals surface area contributed by atoms with Crippen molar-refractivity contribution in [1.82, 2.24) is 9.88 Å². The van der Waals surface area contributed by atoms with Gasteiger partial charge in [0.15, 0.2) is 0 Å². The summed E-state index contributed by atoms with van der Waals surface area (Å²) in [5, 5.41) is 22.3. The summed E-state index contributed by atoms with van der Waals surface area (Å²) in [5.74, 6) is 0.0989. The van der Waals surface area contributed by atoms with Gasteiger partial charge in [-0.15, -0.1) is 0 Å². The number of nitrogens with zero attached hydrogens (tertiary/aromatic N) is 1. The molecule has 0 aliphatic carbocycles. The van der Waals surface area contributed by atoms with Gasteiger partial charge >= 0.3 is 0 Å². The molecular weight excluding hydrogens is 368 g/mol. The van der Waals surface area contributed by atoms with Crippen LogP contribution in [0.25, 0.3) is 10.9 Å². The van der Waals surface area contributed by atoms with E-state index in [0.29, 0.717) is 45.4 Å². The molecule has 1 aromatic heterocycles. The molecule has 0 saturated carbocycles. The van der Waals surface area contributed by atoms with Gasteiger partial charge in [0.25, 0.3) is 0 Å². The average molecular weight is 401 g/mol. The zero-order valence-electron chi connectivity index (χ0n) is 17.8. The van der Waals surface area contributed by atoms with Crippen LogP contribution in [-0.4, -0.2) is 63.0 Å². The van der Waals surface area contributed by atoms with Crippen molar-refractivity contribution >= 4 is 16.8 Å². The third-order valence-electron chi connectivity index (χ3n) is 7.06. The molecule has 0 unspecified atom stereocenters. The molecule has 29 heavy (non-hydrogen) atoms. The summed E-state index contributed by atoms with van der Waals surface area (Å²) in [6.07, 6.45) is 0.950. The number of rotatable bonds is 2. The predicted molar refractivity (Wildman–Crippen MR) is 112 cm³/mol. The van der Waals surface area contributed by atoms with E-state index in [0.717, 1.165) is 22.2 Å². The lowest BCUT2D eigenvalue weighted by atomic mass is 9.75. The van der Waals surface area contributed by atoms with Crippen LogP contribution in [0.1, 0.15) is 48.6 Å². The van der Waals surface area contributed by atoms with E-state index >= 15 is 0 Å². The Balaban J connectivity index is 1.50. The second-order valence-electron chi connectivity index (χ2n) is 9.16. The average Bonchev–Trinajstić information content (AvgIpc) is 3.01. The summed E-state index contributed by atoms with van der Waals surface area (Å²) in [5.41, 5.74) is 3.71. The predicted octanol–water partition coefficient (Wildman–Crippen LogP) is 2.53. The summed E-state index contributed by atoms with van der Waals surface area (Å²) >= 11 is 0. The highest BCUT2D eigenvalue weighted by Crippen LogP contribution is 2.40. The molecule has 3 heterocycles. The third kappa shape index (κ3) is 3.37. The molecule has 2 atom stereocenters. The Morgan fingerprint density at radius 1 is 1.21 bits per heavy atom. The molecule has 2 aromatic rings. The lowest BCUT2D eigenvalue weighted by molar-refractivity contribution is -0.245. The third-order valence-corrected chi connectivity index (χ3v) is 7.06. The number of aliphatic hydroxyl groups is 2. The van der Waals surface area contributed by atoms with Crippen LogP contribution in [0.4, 0.5) is 0 Å². The van der Waals surface area contributed by atoms with Crippen LogP contribution in [0, 0.1) is 20.8 Å². The van der Waals surface area contributed by atoms with Gasteiger partial charge in [0.1, 0.15) is 11.7 Å². The van der Waals surface area contributed by atoms with Crippen LogP contribution >= 0.6 is 0 Å². The number of aliphatic hydroxyl groups excluding tert-OH is 1. The quantitative estimate of drug-likeness (QED) is 0.723. The first-order valence-electron chi connectivity index (χ1n) is 10.5. The Morgan fingerprint density at radius 2 is 1.86 bits per heavy atom. The molecule has 2 fully saturated rings. The number of hydrogen-bond acceptors (Lipinski definition) is 4. The highest BCUT2D eigenvalue weighted by Gasteiger charge is 2.52. The maximum absolute atomic E-state index is 13.1. The molecule has 1 amide bonds. The number of piperidine rings is 1. The van der Waals surface area contributed by atoms with Crippen molar-refractivity contribution in [2.45, 2.75) is 70.7 Å².